The zero-order valence-electron chi connectivity index (χ0n) is 10.5. The van der Waals surface area contributed by atoms with Crippen LogP contribution in [0.2, 0.25) is 0 Å². The maximum Gasteiger partial charge on any atom is 0.291 e. The third-order valence-corrected chi connectivity index (χ3v) is 3.52. The number of H-pyrrole nitrogens is 1. The van der Waals surface area contributed by atoms with Crippen LogP contribution < -0.4 is 5.32 Å². The lowest BCUT2D eigenvalue weighted by Gasteiger charge is -2.33. The summed E-state index contributed by atoms with van der Waals surface area (Å²) >= 11 is 0. The summed E-state index contributed by atoms with van der Waals surface area (Å²) in [6.45, 7) is 3.33. The van der Waals surface area contributed by atoms with Crippen LogP contribution in [0.15, 0.2) is 0 Å². The Morgan fingerprint density at radius 3 is 3.06 bits per heavy atom. The monoisotopic (exact) mass is 250 g/mol. The number of hydrogen-bond donors (Lipinski definition) is 2. The normalized spacial score (nSPS) is 28.1. The Balaban J connectivity index is 1.65. The first kappa shape index (κ1) is 11.6. The Morgan fingerprint density at radius 1 is 1.56 bits per heavy atom. The summed E-state index contributed by atoms with van der Waals surface area (Å²) in [4.78, 5) is 16.3. The molecule has 1 aromatic rings. The molecule has 1 saturated carbocycles. The molecule has 1 amide bonds. The van der Waals surface area contributed by atoms with Crippen molar-refractivity contribution in [3.8, 4) is 0 Å². The maximum atomic E-state index is 12.1. The van der Waals surface area contributed by atoms with E-state index in [2.05, 4.69) is 20.5 Å². The maximum absolute atomic E-state index is 12.1. The molecule has 3 rings (SSSR count). The molecule has 1 aliphatic heterocycles. The molecule has 6 nitrogen and oxygen atoms in total. The van der Waals surface area contributed by atoms with Gasteiger partial charge in [0.25, 0.3) is 5.91 Å². The molecule has 98 valence electrons. The van der Waals surface area contributed by atoms with Crippen molar-refractivity contribution in [1.29, 1.82) is 0 Å². The van der Waals surface area contributed by atoms with E-state index in [1.165, 1.54) is 0 Å². The van der Waals surface area contributed by atoms with Gasteiger partial charge in [0.2, 0.25) is 5.82 Å². The third kappa shape index (κ3) is 2.38. The number of nitrogens with one attached hydrogen (secondary N) is 2. The minimum absolute atomic E-state index is 0.217. The largest absolute Gasteiger partial charge is 0.379 e. The number of ether oxygens (including phenoxy) is 1. The summed E-state index contributed by atoms with van der Waals surface area (Å²) < 4.78 is 5.41. The van der Waals surface area contributed by atoms with Crippen molar-refractivity contribution in [3.63, 3.8) is 0 Å². The van der Waals surface area contributed by atoms with E-state index in [1.54, 1.807) is 0 Å². The van der Waals surface area contributed by atoms with Crippen molar-refractivity contribution in [3.05, 3.63) is 11.6 Å². The molecule has 1 atom stereocenters. The summed E-state index contributed by atoms with van der Waals surface area (Å²) in [5.74, 6) is 1.34. The molecule has 1 aliphatic carbocycles. The van der Waals surface area contributed by atoms with Gasteiger partial charge in [0, 0.05) is 12.5 Å². The highest BCUT2D eigenvalue weighted by molar-refractivity contribution is 5.90. The van der Waals surface area contributed by atoms with Gasteiger partial charge in [0.1, 0.15) is 5.82 Å². The van der Waals surface area contributed by atoms with E-state index < -0.39 is 0 Å². The zero-order valence-corrected chi connectivity index (χ0v) is 10.5. The van der Waals surface area contributed by atoms with Crippen LogP contribution >= 0.6 is 0 Å². The molecule has 6 heteroatoms. The van der Waals surface area contributed by atoms with Gasteiger partial charge in [0.15, 0.2) is 0 Å². The number of hydrogen-bond acceptors (Lipinski definition) is 4. The second kappa shape index (κ2) is 4.35. The SMILES string of the molecule is CC1(NC(=O)c2n[nH]c(C3CC3)n2)CCCOC1. The van der Waals surface area contributed by atoms with Crippen LogP contribution in [-0.4, -0.2) is 39.8 Å². The average molecular weight is 250 g/mol. The van der Waals surface area contributed by atoms with Crippen LogP contribution in [0.25, 0.3) is 0 Å². The van der Waals surface area contributed by atoms with E-state index in [4.69, 9.17) is 4.74 Å². The molecule has 0 spiro atoms. The predicted octanol–water partition coefficient (Wildman–Crippen LogP) is 0.981. The molecule has 1 saturated heterocycles. The Kier molecular flexibility index (Phi) is 2.81. The fourth-order valence-corrected chi connectivity index (χ4v) is 2.28. The highest BCUT2D eigenvalue weighted by Crippen LogP contribution is 2.37. The summed E-state index contributed by atoms with van der Waals surface area (Å²) in [6.07, 6.45) is 4.18. The predicted molar refractivity (Wildman–Crippen MR) is 64.3 cm³/mol. The van der Waals surface area contributed by atoms with Crippen molar-refractivity contribution < 1.29 is 9.53 Å². The molecule has 2 fully saturated rings. The number of carbonyl (C=O) groups excluding carboxylic acids is 1. The van der Waals surface area contributed by atoms with Crippen molar-refractivity contribution in [2.24, 2.45) is 0 Å². The standard InChI is InChI=1S/C12H18N4O2/c1-12(5-2-6-18-7-12)14-11(17)10-13-9(15-16-10)8-3-4-8/h8H,2-7H2,1H3,(H,14,17)(H,13,15,16). The summed E-state index contributed by atoms with van der Waals surface area (Å²) in [5, 5.41) is 9.81. The first-order valence-corrected chi connectivity index (χ1v) is 6.49. The number of amides is 1. The van der Waals surface area contributed by atoms with E-state index >= 15 is 0 Å². The van der Waals surface area contributed by atoms with E-state index in [1.807, 2.05) is 6.92 Å². The van der Waals surface area contributed by atoms with Crippen molar-refractivity contribution in [2.45, 2.75) is 44.1 Å². The van der Waals surface area contributed by atoms with Gasteiger partial charge in [-0.2, -0.15) is 0 Å². The van der Waals surface area contributed by atoms with E-state index in [-0.39, 0.29) is 17.3 Å². The summed E-state index contributed by atoms with van der Waals surface area (Å²) in [7, 11) is 0. The molecular weight excluding hydrogens is 232 g/mol. The average Bonchev–Trinajstić information content (AvgIpc) is 3.07. The Labute approximate surface area is 106 Å². The van der Waals surface area contributed by atoms with E-state index in [0.717, 1.165) is 38.1 Å². The number of nitrogens with zero attached hydrogens (tertiary/aromatic N) is 2. The van der Waals surface area contributed by atoms with Gasteiger partial charge in [0.05, 0.1) is 12.1 Å². The molecule has 18 heavy (non-hydrogen) atoms. The van der Waals surface area contributed by atoms with Gasteiger partial charge in [-0.3, -0.25) is 9.89 Å². The van der Waals surface area contributed by atoms with Crippen LogP contribution in [0.1, 0.15) is 55.0 Å². The molecule has 2 N–H and O–H groups in total. The highest BCUT2D eigenvalue weighted by atomic mass is 16.5. The van der Waals surface area contributed by atoms with Gasteiger partial charge >= 0.3 is 0 Å². The zero-order chi connectivity index (χ0) is 12.6. The molecule has 2 aliphatic rings. The van der Waals surface area contributed by atoms with E-state index in [9.17, 15) is 4.79 Å². The third-order valence-electron chi connectivity index (χ3n) is 3.52. The second-order valence-corrected chi connectivity index (χ2v) is 5.49. The van der Waals surface area contributed by atoms with Crippen molar-refractivity contribution in [2.75, 3.05) is 13.2 Å². The molecule has 0 bridgehead atoms. The molecule has 0 aromatic carbocycles. The summed E-state index contributed by atoms with van der Waals surface area (Å²) in [5.41, 5.74) is -0.296. The number of aromatic nitrogens is 3. The van der Waals surface area contributed by atoms with Crippen molar-refractivity contribution >= 4 is 5.91 Å². The smallest absolute Gasteiger partial charge is 0.291 e. The number of rotatable bonds is 3. The lowest BCUT2D eigenvalue weighted by Crippen LogP contribution is -2.51. The van der Waals surface area contributed by atoms with Crippen LogP contribution in [0.4, 0.5) is 0 Å². The topological polar surface area (TPSA) is 79.9 Å². The van der Waals surface area contributed by atoms with E-state index in [0.29, 0.717) is 12.5 Å². The molecule has 2 heterocycles. The van der Waals surface area contributed by atoms with Crippen LogP contribution in [0.5, 0.6) is 0 Å². The van der Waals surface area contributed by atoms with Crippen LogP contribution in [-0.2, 0) is 4.74 Å². The fourth-order valence-electron chi connectivity index (χ4n) is 2.28. The minimum Gasteiger partial charge on any atom is -0.379 e. The Hall–Kier alpha value is -1.43. The fraction of sp³-hybridized carbons (Fsp3) is 0.750. The quantitative estimate of drug-likeness (QED) is 0.838. The van der Waals surface area contributed by atoms with Gasteiger partial charge < -0.3 is 10.1 Å². The second-order valence-electron chi connectivity index (χ2n) is 5.49. The first-order chi connectivity index (χ1) is 8.66. The molecular formula is C12H18N4O2. The van der Waals surface area contributed by atoms with Gasteiger partial charge in [-0.15, -0.1) is 5.10 Å². The Morgan fingerprint density at radius 2 is 2.39 bits per heavy atom. The van der Waals surface area contributed by atoms with Crippen LogP contribution in [0, 0.1) is 0 Å². The highest BCUT2D eigenvalue weighted by Gasteiger charge is 2.32. The molecule has 0 radical (unpaired) electrons. The van der Waals surface area contributed by atoms with Gasteiger partial charge in [-0.1, -0.05) is 0 Å². The van der Waals surface area contributed by atoms with Crippen LogP contribution in [0.3, 0.4) is 0 Å². The van der Waals surface area contributed by atoms with Crippen molar-refractivity contribution in [1.82, 2.24) is 20.5 Å². The summed E-state index contributed by atoms with van der Waals surface area (Å²) in [6, 6.07) is 0. The number of carbonyl (C=O) groups is 1. The van der Waals surface area contributed by atoms with Gasteiger partial charge in [-0.25, -0.2) is 4.98 Å². The Bertz CT molecular complexity index is 447. The molecule has 1 unspecified atom stereocenters. The first-order valence-electron chi connectivity index (χ1n) is 6.49. The number of aromatic amines is 1. The van der Waals surface area contributed by atoms with Gasteiger partial charge in [-0.05, 0) is 32.6 Å². The lowest BCUT2D eigenvalue weighted by atomic mass is 9.95. The lowest BCUT2D eigenvalue weighted by molar-refractivity contribution is 0.0270. The minimum atomic E-state index is -0.296. The molecule has 1 aromatic heterocycles.